The molecule has 0 atom stereocenters. The molecule has 0 saturated carbocycles. The summed E-state index contributed by atoms with van der Waals surface area (Å²) < 4.78 is 0. The van der Waals surface area contributed by atoms with E-state index in [9.17, 15) is 24.0 Å². The summed E-state index contributed by atoms with van der Waals surface area (Å²) in [5.74, 6) is -1.90. The van der Waals surface area contributed by atoms with Crippen LogP contribution in [0.2, 0.25) is 0 Å². The lowest BCUT2D eigenvalue weighted by atomic mass is 10.1. The summed E-state index contributed by atoms with van der Waals surface area (Å²) in [6, 6.07) is 13.6. The molecule has 31 heavy (non-hydrogen) atoms. The number of fused-ring (bicyclic) bond motifs is 1. The van der Waals surface area contributed by atoms with Gasteiger partial charge in [-0.25, -0.2) is 0 Å². The van der Waals surface area contributed by atoms with Crippen LogP contribution in [-0.4, -0.2) is 53.9 Å². The van der Waals surface area contributed by atoms with Crippen LogP contribution in [0.1, 0.15) is 49.5 Å². The van der Waals surface area contributed by atoms with Gasteiger partial charge in [0.2, 0.25) is 11.8 Å². The van der Waals surface area contributed by atoms with Crippen molar-refractivity contribution in [3.63, 3.8) is 0 Å². The van der Waals surface area contributed by atoms with E-state index >= 15 is 0 Å². The minimum Gasteiger partial charge on any atom is -0.354 e. The van der Waals surface area contributed by atoms with Crippen LogP contribution in [0.5, 0.6) is 0 Å². The number of Topliss-reactive ketones (excluding diaryl/α,β-unsaturated/α-hetero) is 1. The van der Waals surface area contributed by atoms with E-state index in [1.165, 1.54) is 0 Å². The van der Waals surface area contributed by atoms with Crippen LogP contribution in [0.4, 0.5) is 0 Å². The summed E-state index contributed by atoms with van der Waals surface area (Å²) in [7, 11) is 0. The van der Waals surface area contributed by atoms with Gasteiger partial charge in [0.25, 0.3) is 11.8 Å². The highest BCUT2D eigenvalue weighted by molar-refractivity contribution is 6.22. The molecule has 2 aromatic rings. The van der Waals surface area contributed by atoms with Crippen LogP contribution < -0.4 is 10.6 Å². The monoisotopic (exact) mass is 421 g/mol. The molecule has 1 heterocycles. The van der Waals surface area contributed by atoms with E-state index in [-0.39, 0.29) is 55.3 Å². The Morgan fingerprint density at radius 2 is 1.32 bits per heavy atom. The lowest BCUT2D eigenvalue weighted by Crippen LogP contribution is -2.42. The SMILES string of the molecule is Cc1ccc(C(=O)CCC(=O)NCCNC(=O)CN2C(=O)c3ccccc3C2=O)cc1. The number of rotatable bonds is 9. The predicted molar refractivity (Wildman–Crippen MR) is 113 cm³/mol. The Morgan fingerprint density at radius 3 is 1.90 bits per heavy atom. The first-order valence-corrected chi connectivity index (χ1v) is 9.95. The zero-order valence-electron chi connectivity index (χ0n) is 17.1. The molecule has 160 valence electrons. The van der Waals surface area contributed by atoms with Crippen molar-refractivity contribution in [2.75, 3.05) is 19.6 Å². The highest BCUT2D eigenvalue weighted by atomic mass is 16.2. The molecule has 2 aromatic carbocycles. The third kappa shape index (κ3) is 5.42. The molecule has 0 bridgehead atoms. The summed E-state index contributed by atoms with van der Waals surface area (Å²) >= 11 is 0. The van der Waals surface area contributed by atoms with Crippen molar-refractivity contribution in [1.82, 2.24) is 15.5 Å². The lowest BCUT2D eigenvalue weighted by Gasteiger charge is -2.13. The minimum atomic E-state index is -0.502. The van der Waals surface area contributed by atoms with Gasteiger partial charge in [-0.15, -0.1) is 0 Å². The fourth-order valence-corrected chi connectivity index (χ4v) is 3.19. The van der Waals surface area contributed by atoms with Crippen LogP contribution in [0.3, 0.4) is 0 Å². The molecule has 1 aliphatic rings. The van der Waals surface area contributed by atoms with E-state index in [0.29, 0.717) is 5.56 Å². The fraction of sp³-hybridized carbons (Fsp3) is 0.261. The molecular formula is C23H23N3O5. The average molecular weight is 421 g/mol. The van der Waals surface area contributed by atoms with Gasteiger partial charge in [-0.3, -0.25) is 28.9 Å². The maximum Gasteiger partial charge on any atom is 0.262 e. The molecule has 8 nitrogen and oxygen atoms in total. The number of nitrogens with zero attached hydrogens (tertiary/aromatic N) is 1. The van der Waals surface area contributed by atoms with E-state index in [1.807, 2.05) is 19.1 Å². The first-order chi connectivity index (χ1) is 14.9. The third-order valence-electron chi connectivity index (χ3n) is 4.90. The molecule has 0 unspecified atom stereocenters. The minimum absolute atomic E-state index is 0.0513. The number of hydrogen-bond donors (Lipinski definition) is 2. The molecule has 8 heteroatoms. The first kappa shape index (κ1) is 21.9. The van der Waals surface area contributed by atoms with Crippen molar-refractivity contribution in [1.29, 1.82) is 0 Å². The van der Waals surface area contributed by atoms with Crippen molar-refractivity contribution in [3.05, 3.63) is 70.8 Å². The highest BCUT2D eigenvalue weighted by Crippen LogP contribution is 2.21. The second kappa shape index (κ2) is 9.80. The Bertz CT molecular complexity index is 995. The van der Waals surface area contributed by atoms with E-state index < -0.39 is 17.7 Å². The number of amides is 4. The van der Waals surface area contributed by atoms with Gasteiger partial charge in [0, 0.05) is 31.5 Å². The van der Waals surface area contributed by atoms with Gasteiger partial charge in [-0.2, -0.15) is 0 Å². The summed E-state index contributed by atoms with van der Waals surface area (Å²) in [5, 5.41) is 5.19. The smallest absolute Gasteiger partial charge is 0.262 e. The van der Waals surface area contributed by atoms with Crippen molar-refractivity contribution in [3.8, 4) is 0 Å². The van der Waals surface area contributed by atoms with Crippen LogP contribution in [-0.2, 0) is 9.59 Å². The average Bonchev–Trinajstić information content (AvgIpc) is 3.00. The van der Waals surface area contributed by atoms with Crippen molar-refractivity contribution in [2.45, 2.75) is 19.8 Å². The fourth-order valence-electron chi connectivity index (χ4n) is 3.19. The molecule has 4 amide bonds. The van der Waals surface area contributed by atoms with E-state index in [0.717, 1.165) is 10.5 Å². The van der Waals surface area contributed by atoms with Gasteiger partial charge in [-0.05, 0) is 19.1 Å². The number of nitrogens with one attached hydrogen (secondary N) is 2. The second-order valence-electron chi connectivity index (χ2n) is 7.23. The maximum absolute atomic E-state index is 12.2. The molecule has 0 aliphatic carbocycles. The number of imide groups is 1. The van der Waals surface area contributed by atoms with Crippen molar-refractivity contribution >= 4 is 29.4 Å². The van der Waals surface area contributed by atoms with Gasteiger partial charge in [-0.1, -0.05) is 42.0 Å². The van der Waals surface area contributed by atoms with E-state index in [4.69, 9.17) is 0 Å². The number of aryl methyl sites for hydroxylation is 1. The van der Waals surface area contributed by atoms with Crippen molar-refractivity contribution in [2.24, 2.45) is 0 Å². The number of ketones is 1. The first-order valence-electron chi connectivity index (χ1n) is 9.95. The molecule has 0 radical (unpaired) electrons. The van der Waals surface area contributed by atoms with E-state index in [2.05, 4.69) is 10.6 Å². The highest BCUT2D eigenvalue weighted by Gasteiger charge is 2.36. The number of carbonyl (C=O) groups excluding carboxylic acids is 5. The van der Waals surface area contributed by atoms with E-state index in [1.54, 1.807) is 36.4 Å². The third-order valence-corrected chi connectivity index (χ3v) is 4.90. The molecule has 1 aliphatic heterocycles. The number of benzene rings is 2. The molecule has 0 spiro atoms. The second-order valence-corrected chi connectivity index (χ2v) is 7.23. The Labute approximate surface area is 179 Å². The van der Waals surface area contributed by atoms with Gasteiger partial charge in [0.1, 0.15) is 6.54 Å². The lowest BCUT2D eigenvalue weighted by molar-refractivity contribution is -0.123. The molecular weight excluding hydrogens is 398 g/mol. The van der Waals surface area contributed by atoms with Gasteiger partial charge in [0.15, 0.2) is 5.78 Å². The van der Waals surface area contributed by atoms with Crippen LogP contribution in [0.25, 0.3) is 0 Å². The normalized spacial score (nSPS) is 12.5. The summed E-state index contributed by atoms with van der Waals surface area (Å²) in [4.78, 5) is 61.4. The zero-order chi connectivity index (χ0) is 22.4. The summed E-state index contributed by atoms with van der Waals surface area (Å²) in [6.07, 6.45) is 0.149. The van der Waals surface area contributed by atoms with Crippen LogP contribution in [0, 0.1) is 6.92 Å². The maximum atomic E-state index is 12.2. The summed E-state index contributed by atoms with van der Waals surface area (Å²) in [6.45, 7) is 1.86. The number of hydrogen-bond acceptors (Lipinski definition) is 5. The van der Waals surface area contributed by atoms with Crippen LogP contribution in [0.15, 0.2) is 48.5 Å². The largest absolute Gasteiger partial charge is 0.354 e. The quantitative estimate of drug-likeness (QED) is 0.362. The molecule has 0 fully saturated rings. The predicted octanol–water partition coefficient (Wildman–Crippen LogP) is 1.49. The van der Waals surface area contributed by atoms with Crippen LogP contribution >= 0.6 is 0 Å². The molecule has 0 saturated heterocycles. The van der Waals surface area contributed by atoms with Gasteiger partial charge < -0.3 is 10.6 Å². The topological polar surface area (TPSA) is 113 Å². The molecule has 2 N–H and O–H groups in total. The Hall–Kier alpha value is -3.81. The Balaban J connectivity index is 1.34. The molecule has 0 aromatic heterocycles. The summed E-state index contributed by atoms with van der Waals surface area (Å²) in [5.41, 5.74) is 2.19. The molecule has 3 rings (SSSR count). The zero-order valence-corrected chi connectivity index (χ0v) is 17.1. The standard InChI is InChI=1S/C23H23N3O5/c1-15-6-8-16(9-7-15)19(27)10-11-20(28)24-12-13-25-21(29)14-26-22(30)17-4-2-3-5-18(17)23(26)31/h2-9H,10-14H2,1H3,(H,24,28)(H,25,29). The van der Waals surface area contributed by atoms with Crippen molar-refractivity contribution < 1.29 is 24.0 Å². The Kier molecular flexibility index (Phi) is 6.92. The van der Waals surface area contributed by atoms with Gasteiger partial charge >= 0.3 is 0 Å². The Morgan fingerprint density at radius 1 is 0.774 bits per heavy atom. The number of carbonyl (C=O) groups is 5. The van der Waals surface area contributed by atoms with Gasteiger partial charge in [0.05, 0.1) is 11.1 Å².